The maximum Gasteiger partial charge on any atom is 0.274 e. The number of nitro benzene ring substituents is 1. The molecule has 0 saturated carbocycles. The summed E-state index contributed by atoms with van der Waals surface area (Å²) in [7, 11) is 1.61. The van der Waals surface area contributed by atoms with Crippen molar-refractivity contribution < 1.29 is 23.9 Å². The van der Waals surface area contributed by atoms with Crippen LogP contribution in [-0.2, 0) is 14.2 Å². The Hall–Kier alpha value is -2.14. The lowest BCUT2D eigenvalue weighted by molar-refractivity contribution is -0.385. The van der Waals surface area contributed by atoms with E-state index in [4.69, 9.17) is 25.4 Å². The van der Waals surface area contributed by atoms with E-state index in [1.807, 2.05) is 0 Å². The van der Waals surface area contributed by atoms with E-state index in [0.29, 0.717) is 44.3 Å². The average molecular weight is 309 g/mol. The van der Waals surface area contributed by atoms with Crippen LogP contribution in [0, 0.1) is 22.5 Å². The number of benzene rings is 1. The highest BCUT2D eigenvalue weighted by Crippen LogP contribution is 2.22. The highest BCUT2D eigenvalue weighted by molar-refractivity contribution is 5.48. The summed E-state index contributed by atoms with van der Waals surface area (Å²) >= 11 is 0. The second-order valence-corrected chi connectivity index (χ2v) is 4.18. The fourth-order valence-electron chi connectivity index (χ4n) is 1.54. The van der Waals surface area contributed by atoms with Crippen LogP contribution in [0.5, 0.6) is 5.75 Å². The summed E-state index contributed by atoms with van der Waals surface area (Å²) in [5.74, 6) is 2.70. The molecule has 1 rings (SSSR count). The van der Waals surface area contributed by atoms with Crippen LogP contribution in [0.15, 0.2) is 18.2 Å². The molecule has 0 unspecified atom stereocenters. The largest absolute Gasteiger partial charge is 0.491 e. The highest BCUT2D eigenvalue weighted by atomic mass is 16.6. The van der Waals surface area contributed by atoms with Crippen molar-refractivity contribution in [3.8, 4) is 18.1 Å². The maximum atomic E-state index is 10.8. The SMILES string of the molecule is C#Cc1cc(OCCOCCOCCOC)cc([N+](=O)[O-])c1. The van der Waals surface area contributed by atoms with Crippen LogP contribution < -0.4 is 4.74 Å². The summed E-state index contributed by atoms with van der Waals surface area (Å²) in [5.41, 5.74) is 0.301. The van der Waals surface area contributed by atoms with Gasteiger partial charge in [-0.25, -0.2) is 0 Å². The van der Waals surface area contributed by atoms with Crippen LogP contribution in [0.4, 0.5) is 5.69 Å². The molecule has 0 bridgehead atoms. The molecule has 7 heteroatoms. The van der Waals surface area contributed by atoms with E-state index in [1.54, 1.807) is 13.2 Å². The van der Waals surface area contributed by atoms with Gasteiger partial charge in [-0.2, -0.15) is 0 Å². The first kappa shape index (κ1) is 17.9. The van der Waals surface area contributed by atoms with Crippen LogP contribution in [0.3, 0.4) is 0 Å². The minimum absolute atomic E-state index is 0.0992. The van der Waals surface area contributed by atoms with Gasteiger partial charge in [0, 0.05) is 18.7 Å². The van der Waals surface area contributed by atoms with E-state index < -0.39 is 4.92 Å². The lowest BCUT2D eigenvalue weighted by atomic mass is 10.2. The molecule has 0 fully saturated rings. The second kappa shape index (κ2) is 10.6. The third kappa shape index (κ3) is 7.04. The third-order valence-electron chi connectivity index (χ3n) is 2.57. The van der Waals surface area contributed by atoms with Gasteiger partial charge in [0.15, 0.2) is 0 Å². The summed E-state index contributed by atoms with van der Waals surface area (Å²) in [4.78, 5) is 10.3. The van der Waals surface area contributed by atoms with Gasteiger partial charge in [0.1, 0.15) is 12.4 Å². The average Bonchev–Trinajstić information content (AvgIpc) is 2.53. The predicted molar refractivity (Wildman–Crippen MR) is 80.0 cm³/mol. The monoisotopic (exact) mass is 309 g/mol. The number of rotatable bonds is 11. The molecule has 0 heterocycles. The molecule has 0 aliphatic rings. The summed E-state index contributed by atoms with van der Waals surface area (Å²) in [6.45, 7) is 2.61. The molecule has 0 aliphatic carbocycles. The van der Waals surface area contributed by atoms with Gasteiger partial charge in [-0.1, -0.05) is 5.92 Å². The third-order valence-corrected chi connectivity index (χ3v) is 2.57. The molecular formula is C15H19NO6. The maximum absolute atomic E-state index is 10.8. The van der Waals surface area contributed by atoms with E-state index in [0.717, 1.165) is 0 Å². The van der Waals surface area contributed by atoms with E-state index in [-0.39, 0.29) is 12.3 Å². The summed E-state index contributed by atoms with van der Waals surface area (Å²) < 4.78 is 20.8. The molecule has 7 nitrogen and oxygen atoms in total. The molecule has 0 atom stereocenters. The van der Waals surface area contributed by atoms with E-state index in [1.165, 1.54) is 12.1 Å². The van der Waals surface area contributed by atoms with Gasteiger partial charge in [0.2, 0.25) is 0 Å². The summed E-state index contributed by atoms with van der Waals surface area (Å²) in [6, 6.07) is 4.22. The minimum Gasteiger partial charge on any atom is -0.491 e. The molecule has 22 heavy (non-hydrogen) atoms. The lowest BCUT2D eigenvalue weighted by Gasteiger charge is -2.08. The molecule has 0 radical (unpaired) electrons. The van der Waals surface area contributed by atoms with Crippen LogP contribution in [0.1, 0.15) is 5.56 Å². The van der Waals surface area contributed by atoms with E-state index in [2.05, 4.69) is 5.92 Å². The zero-order valence-corrected chi connectivity index (χ0v) is 12.4. The van der Waals surface area contributed by atoms with Crippen LogP contribution in [-0.4, -0.2) is 51.7 Å². The molecule has 0 aliphatic heterocycles. The van der Waals surface area contributed by atoms with Crippen molar-refractivity contribution in [3.63, 3.8) is 0 Å². The first-order valence-corrected chi connectivity index (χ1v) is 6.70. The molecule has 1 aromatic rings. The Morgan fingerprint density at radius 3 is 2.32 bits per heavy atom. The van der Waals surface area contributed by atoms with Crippen LogP contribution in [0.2, 0.25) is 0 Å². The van der Waals surface area contributed by atoms with Gasteiger partial charge >= 0.3 is 0 Å². The number of nitrogens with zero attached hydrogens (tertiary/aromatic N) is 1. The Kier molecular flexibility index (Phi) is 8.60. The van der Waals surface area contributed by atoms with Gasteiger partial charge in [0.05, 0.1) is 44.0 Å². The summed E-state index contributed by atoms with van der Waals surface area (Å²) in [6.07, 6.45) is 5.26. The first-order chi connectivity index (χ1) is 10.7. The van der Waals surface area contributed by atoms with Crippen LogP contribution >= 0.6 is 0 Å². The molecule has 0 N–H and O–H groups in total. The number of methoxy groups -OCH3 is 1. The molecule has 0 saturated heterocycles. The summed E-state index contributed by atoms with van der Waals surface area (Å²) in [5, 5.41) is 10.8. The van der Waals surface area contributed by atoms with Crippen molar-refractivity contribution >= 4 is 5.69 Å². The number of terminal acetylenes is 1. The zero-order chi connectivity index (χ0) is 16.2. The number of non-ortho nitro benzene ring substituents is 1. The fraction of sp³-hybridized carbons (Fsp3) is 0.467. The van der Waals surface area contributed by atoms with Gasteiger partial charge in [0.25, 0.3) is 5.69 Å². The molecule has 0 amide bonds. The number of nitro groups is 1. The van der Waals surface area contributed by atoms with Crippen molar-refractivity contribution in [2.24, 2.45) is 0 Å². The molecular weight excluding hydrogens is 290 g/mol. The minimum atomic E-state index is -0.512. The van der Waals surface area contributed by atoms with Crippen LogP contribution in [0.25, 0.3) is 0 Å². The zero-order valence-electron chi connectivity index (χ0n) is 12.4. The van der Waals surface area contributed by atoms with Crippen molar-refractivity contribution in [1.82, 2.24) is 0 Å². The Labute approximate surface area is 129 Å². The first-order valence-electron chi connectivity index (χ1n) is 6.70. The number of ether oxygens (including phenoxy) is 4. The van der Waals surface area contributed by atoms with Gasteiger partial charge in [-0.15, -0.1) is 6.42 Å². The van der Waals surface area contributed by atoms with Crippen molar-refractivity contribution in [2.75, 3.05) is 46.8 Å². The standard InChI is InChI=1S/C15H19NO6/c1-3-13-10-14(16(17)18)12-15(11-13)22-9-8-21-7-6-20-5-4-19-2/h1,10-12H,4-9H2,2H3. The fourth-order valence-corrected chi connectivity index (χ4v) is 1.54. The van der Waals surface area contributed by atoms with Gasteiger partial charge < -0.3 is 18.9 Å². The van der Waals surface area contributed by atoms with Gasteiger partial charge in [-0.05, 0) is 6.07 Å². The van der Waals surface area contributed by atoms with E-state index >= 15 is 0 Å². The molecule has 120 valence electrons. The Bertz CT molecular complexity index is 511. The molecule has 0 spiro atoms. The number of hydrogen-bond acceptors (Lipinski definition) is 6. The Morgan fingerprint density at radius 2 is 1.73 bits per heavy atom. The molecule has 1 aromatic carbocycles. The lowest BCUT2D eigenvalue weighted by Crippen LogP contribution is -2.12. The normalized spacial score (nSPS) is 10.2. The number of hydrogen-bond donors (Lipinski definition) is 0. The van der Waals surface area contributed by atoms with Crippen molar-refractivity contribution in [1.29, 1.82) is 0 Å². The molecule has 0 aromatic heterocycles. The smallest absolute Gasteiger partial charge is 0.274 e. The Balaban J connectivity index is 2.26. The quantitative estimate of drug-likeness (QED) is 0.267. The van der Waals surface area contributed by atoms with E-state index in [9.17, 15) is 10.1 Å². The highest BCUT2D eigenvalue weighted by Gasteiger charge is 2.09. The topological polar surface area (TPSA) is 80.1 Å². The predicted octanol–water partition coefficient (Wildman–Crippen LogP) is 1.63. The van der Waals surface area contributed by atoms with Gasteiger partial charge in [-0.3, -0.25) is 10.1 Å². The van der Waals surface area contributed by atoms with Crippen molar-refractivity contribution in [3.05, 3.63) is 33.9 Å². The Morgan fingerprint density at radius 1 is 1.09 bits per heavy atom. The second-order valence-electron chi connectivity index (χ2n) is 4.18. The van der Waals surface area contributed by atoms with Crippen molar-refractivity contribution in [2.45, 2.75) is 0 Å².